The third-order valence-electron chi connectivity index (χ3n) is 1.53. The molecule has 1 nitrogen and oxygen atoms in total. The van der Waals surface area contributed by atoms with Crippen LogP contribution < -0.4 is 0 Å². The van der Waals surface area contributed by atoms with Gasteiger partial charge in [-0.1, -0.05) is 42.4 Å². The van der Waals surface area contributed by atoms with Crippen LogP contribution in [0.15, 0.2) is 24.3 Å². The summed E-state index contributed by atoms with van der Waals surface area (Å²) in [5.74, 6) is 0.840. The van der Waals surface area contributed by atoms with Crippen molar-refractivity contribution < 1.29 is 4.79 Å². The van der Waals surface area contributed by atoms with Gasteiger partial charge in [0.2, 0.25) is 5.12 Å². The van der Waals surface area contributed by atoms with Gasteiger partial charge in [-0.25, -0.2) is 0 Å². The van der Waals surface area contributed by atoms with Gasteiger partial charge in [-0.3, -0.25) is 4.79 Å². The Bertz CT molecular complexity index is 281. The molecule has 1 aromatic carbocycles. The number of carbonyl (C=O) groups excluding carboxylic acids is 1. The molecule has 1 aromatic rings. The van der Waals surface area contributed by atoms with Gasteiger partial charge in [0.15, 0.2) is 0 Å². The molecule has 0 unspecified atom stereocenters. The molecule has 2 heteroatoms. The molecule has 0 aliphatic heterocycles. The van der Waals surface area contributed by atoms with E-state index < -0.39 is 0 Å². The highest BCUT2D eigenvalue weighted by molar-refractivity contribution is 8.14. The van der Waals surface area contributed by atoms with E-state index in [1.165, 1.54) is 11.8 Å². The summed E-state index contributed by atoms with van der Waals surface area (Å²) in [6, 6.07) is 7.69. The second kappa shape index (κ2) is 4.31. The largest absolute Gasteiger partial charge is 0.282 e. The Labute approximate surface area is 77.2 Å². The molecular formula is C10H12OS. The number of aryl methyl sites for hydroxylation is 1. The minimum absolute atomic E-state index is 0.168. The van der Waals surface area contributed by atoms with E-state index in [4.69, 9.17) is 0 Å². The van der Waals surface area contributed by atoms with Crippen LogP contribution in [-0.2, 0) is 0 Å². The highest BCUT2D eigenvalue weighted by Gasteiger charge is 2.03. The lowest BCUT2D eigenvalue weighted by molar-refractivity contribution is 0.108. The quantitative estimate of drug-likeness (QED) is 0.696. The first-order valence-electron chi connectivity index (χ1n) is 3.98. The zero-order chi connectivity index (χ0) is 8.97. The van der Waals surface area contributed by atoms with E-state index in [2.05, 4.69) is 0 Å². The predicted octanol–water partition coefficient (Wildman–Crippen LogP) is 2.89. The zero-order valence-electron chi connectivity index (χ0n) is 7.33. The molecule has 0 atom stereocenters. The van der Waals surface area contributed by atoms with Crippen LogP contribution in [0.5, 0.6) is 0 Å². The lowest BCUT2D eigenvalue weighted by Gasteiger charge is -1.98. The third-order valence-corrected chi connectivity index (χ3v) is 2.32. The van der Waals surface area contributed by atoms with E-state index in [0.29, 0.717) is 0 Å². The van der Waals surface area contributed by atoms with E-state index in [-0.39, 0.29) is 5.12 Å². The van der Waals surface area contributed by atoms with Crippen LogP contribution >= 0.6 is 11.8 Å². The summed E-state index contributed by atoms with van der Waals surface area (Å²) in [7, 11) is 0. The number of thioether (sulfide) groups is 1. The summed E-state index contributed by atoms with van der Waals surface area (Å²) in [6.07, 6.45) is 0. The summed E-state index contributed by atoms with van der Waals surface area (Å²) in [6.45, 7) is 3.98. The molecule has 0 aromatic heterocycles. The number of hydrogen-bond donors (Lipinski definition) is 0. The topological polar surface area (TPSA) is 17.1 Å². The van der Waals surface area contributed by atoms with Crippen molar-refractivity contribution in [3.63, 3.8) is 0 Å². The fraction of sp³-hybridized carbons (Fsp3) is 0.300. The monoisotopic (exact) mass is 180 g/mol. The average molecular weight is 180 g/mol. The van der Waals surface area contributed by atoms with Crippen molar-refractivity contribution in [1.29, 1.82) is 0 Å². The molecule has 0 radical (unpaired) electrons. The SMILES string of the molecule is CCSC(=O)c1cccc(C)c1. The van der Waals surface area contributed by atoms with Crippen LogP contribution in [0, 0.1) is 6.92 Å². The highest BCUT2D eigenvalue weighted by Crippen LogP contribution is 2.12. The lowest BCUT2D eigenvalue weighted by atomic mass is 10.2. The lowest BCUT2D eigenvalue weighted by Crippen LogP contribution is -1.93. The van der Waals surface area contributed by atoms with Crippen molar-refractivity contribution in [2.75, 3.05) is 5.75 Å². The Balaban J connectivity index is 2.81. The molecule has 0 N–H and O–H groups in total. The van der Waals surface area contributed by atoms with Crippen molar-refractivity contribution in [2.24, 2.45) is 0 Å². The maximum atomic E-state index is 11.4. The van der Waals surface area contributed by atoms with Gasteiger partial charge in [0.1, 0.15) is 0 Å². The molecule has 0 saturated carbocycles. The minimum atomic E-state index is 0.168. The van der Waals surface area contributed by atoms with Crippen molar-refractivity contribution in [3.05, 3.63) is 35.4 Å². The summed E-state index contributed by atoms with van der Waals surface area (Å²) in [5.41, 5.74) is 1.94. The Morgan fingerprint density at radius 3 is 2.83 bits per heavy atom. The zero-order valence-corrected chi connectivity index (χ0v) is 8.15. The van der Waals surface area contributed by atoms with Gasteiger partial charge >= 0.3 is 0 Å². The smallest absolute Gasteiger partial charge is 0.219 e. The van der Waals surface area contributed by atoms with Gasteiger partial charge in [0.05, 0.1) is 0 Å². The van der Waals surface area contributed by atoms with Gasteiger partial charge in [0, 0.05) is 5.56 Å². The van der Waals surface area contributed by atoms with E-state index in [1.807, 2.05) is 38.1 Å². The van der Waals surface area contributed by atoms with Crippen LogP contribution in [-0.4, -0.2) is 10.9 Å². The standard InChI is InChI=1S/C10H12OS/c1-3-12-10(11)9-6-4-5-8(2)7-9/h4-7H,3H2,1-2H3. The first kappa shape index (κ1) is 9.33. The first-order valence-corrected chi connectivity index (χ1v) is 4.96. The minimum Gasteiger partial charge on any atom is -0.282 e. The predicted molar refractivity (Wildman–Crippen MR) is 53.6 cm³/mol. The van der Waals surface area contributed by atoms with Crippen molar-refractivity contribution >= 4 is 16.9 Å². The molecule has 0 fully saturated rings. The maximum Gasteiger partial charge on any atom is 0.219 e. The third kappa shape index (κ3) is 2.38. The Morgan fingerprint density at radius 1 is 1.50 bits per heavy atom. The molecule has 64 valence electrons. The van der Waals surface area contributed by atoms with E-state index in [0.717, 1.165) is 16.9 Å². The van der Waals surface area contributed by atoms with Crippen molar-refractivity contribution in [1.82, 2.24) is 0 Å². The number of rotatable bonds is 2. The Morgan fingerprint density at radius 2 is 2.25 bits per heavy atom. The van der Waals surface area contributed by atoms with E-state index >= 15 is 0 Å². The van der Waals surface area contributed by atoms with Crippen LogP contribution in [0.4, 0.5) is 0 Å². The van der Waals surface area contributed by atoms with Gasteiger partial charge in [-0.15, -0.1) is 0 Å². The molecule has 0 saturated heterocycles. The summed E-state index contributed by atoms with van der Waals surface area (Å²) in [4.78, 5) is 11.4. The molecule has 12 heavy (non-hydrogen) atoms. The van der Waals surface area contributed by atoms with Crippen LogP contribution in [0.3, 0.4) is 0 Å². The van der Waals surface area contributed by atoms with Gasteiger partial charge in [-0.05, 0) is 18.7 Å². The molecule has 0 aliphatic rings. The second-order valence-electron chi connectivity index (χ2n) is 2.59. The van der Waals surface area contributed by atoms with Gasteiger partial charge < -0.3 is 0 Å². The number of benzene rings is 1. The highest BCUT2D eigenvalue weighted by atomic mass is 32.2. The molecular weight excluding hydrogens is 168 g/mol. The van der Waals surface area contributed by atoms with Crippen LogP contribution in [0.25, 0.3) is 0 Å². The number of carbonyl (C=O) groups is 1. The van der Waals surface area contributed by atoms with Crippen LogP contribution in [0.2, 0.25) is 0 Å². The van der Waals surface area contributed by atoms with Crippen molar-refractivity contribution in [2.45, 2.75) is 13.8 Å². The fourth-order valence-electron chi connectivity index (χ4n) is 0.986. The fourth-order valence-corrected chi connectivity index (χ4v) is 1.54. The molecule has 0 aliphatic carbocycles. The van der Waals surface area contributed by atoms with E-state index in [1.54, 1.807) is 0 Å². The molecule has 0 amide bonds. The normalized spacial score (nSPS) is 9.83. The summed E-state index contributed by atoms with van der Waals surface area (Å²) >= 11 is 1.35. The van der Waals surface area contributed by atoms with Crippen LogP contribution in [0.1, 0.15) is 22.8 Å². The Kier molecular flexibility index (Phi) is 3.35. The molecule has 0 spiro atoms. The van der Waals surface area contributed by atoms with Gasteiger partial charge in [0.25, 0.3) is 0 Å². The summed E-state index contributed by atoms with van der Waals surface area (Å²) < 4.78 is 0. The van der Waals surface area contributed by atoms with Gasteiger partial charge in [-0.2, -0.15) is 0 Å². The summed E-state index contributed by atoms with van der Waals surface area (Å²) in [5, 5.41) is 0.168. The first-order chi connectivity index (χ1) is 5.74. The van der Waals surface area contributed by atoms with Crippen molar-refractivity contribution in [3.8, 4) is 0 Å². The Hall–Kier alpha value is -0.760. The van der Waals surface area contributed by atoms with E-state index in [9.17, 15) is 4.79 Å². The molecule has 1 rings (SSSR count). The number of hydrogen-bond acceptors (Lipinski definition) is 2. The maximum absolute atomic E-state index is 11.4. The average Bonchev–Trinajstić information content (AvgIpc) is 2.05. The second-order valence-corrected chi connectivity index (χ2v) is 3.83. The molecule has 0 heterocycles. The molecule has 0 bridgehead atoms.